The Kier molecular flexibility index (Phi) is 4.32. The van der Waals surface area contributed by atoms with Gasteiger partial charge in [0, 0.05) is 5.02 Å². The molecule has 0 bridgehead atoms. The molecule has 23 heavy (non-hydrogen) atoms. The van der Waals surface area contributed by atoms with Gasteiger partial charge < -0.3 is 5.32 Å². The van der Waals surface area contributed by atoms with Gasteiger partial charge in [0.15, 0.2) is 0 Å². The normalized spacial score (nSPS) is 10.7. The third-order valence-electron chi connectivity index (χ3n) is 3.25. The van der Waals surface area contributed by atoms with Gasteiger partial charge in [-0.05, 0) is 30.3 Å². The van der Waals surface area contributed by atoms with E-state index in [-0.39, 0.29) is 18.0 Å². The summed E-state index contributed by atoms with van der Waals surface area (Å²) in [5.74, 6) is -0.365. The minimum Gasteiger partial charge on any atom is -0.323 e. The zero-order valence-electron chi connectivity index (χ0n) is 11.8. The highest BCUT2D eigenvalue weighted by Gasteiger charge is 2.10. The molecule has 0 aliphatic heterocycles. The first-order valence-electron chi connectivity index (χ1n) is 6.73. The molecule has 0 aliphatic rings. The number of fused-ring (bicyclic) bond motifs is 1. The molecule has 3 aromatic rings. The Morgan fingerprint density at radius 3 is 2.74 bits per heavy atom. The largest absolute Gasteiger partial charge is 0.323 e. The van der Waals surface area contributed by atoms with Gasteiger partial charge in [0.2, 0.25) is 5.91 Å². The van der Waals surface area contributed by atoms with Crippen LogP contribution in [0.5, 0.6) is 0 Å². The molecule has 0 spiro atoms. The number of nitrogens with one attached hydrogen (secondary N) is 1. The predicted molar refractivity (Wildman–Crippen MR) is 91.1 cm³/mol. The minimum absolute atomic E-state index is 0.157. The van der Waals surface area contributed by atoms with Crippen LogP contribution in [0.15, 0.2) is 53.6 Å². The van der Waals surface area contributed by atoms with Gasteiger partial charge in [0.25, 0.3) is 5.56 Å². The van der Waals surface area contributed by atoms with E-state index < -0.39 is 0 Å². The Bertz CT molecular complexity index is 953. The van der Waals surface area contributed by atoms with Crippen molar-refractivity contribution in [3.8, 4) is 0 Å². The summed E-state index contributed by atoms with van der Waals surface area (Å²) in [6.07, 6.45) is 1.33. The summed E-state index contributed by atoms with van der Waals surface area (Å²) in [4.78, 5) is 28.6. The molecule has 0 unspecified atom stereocenters. The van der Waals surface area contributed by atoms with Crippen molar-refractivity contribution in [1.82, 2.24) is 9.55 Å². The topological polar surface area (TPSA) is 64.0 Å². The van der Waals surface area contributed by atoms with E-state index in [2.05, 4.69) is 10.3 Å². The van der Waals surface area contributed by atoms with Crippen LogP contribution in [0.25, 0.3) is 10.9 Å². The maximum absolute atomic E-state index is 12.4. The molecule has 1 N–H and O–H groups in total. The predicted octanol–water partition coefficient (Wildman–Crippen LogP) is 3.34. The number of anilines is 1. The molecule has 7 heteroatoms. The lowest BCUT2D eigenvalue weighted by Gasteiger charge is -2.09. The molecule has 116 valence electrons. The van der Waals surface area contributed by atoms with E-state index in [0.717, 1.165) is 0 Å². The van der Waals surface area contributed by atoms with Gasteiger partial charge >= 0.3 is 0 Å². The number of rotatable bonds is 3. The number of benzene rings is 2. The van der Waals surface area contributed by atoms with Gasteiger partial charge in [-0.25, -0.2) is 4.98 Å². The first-order chi connectivity index (χ1) is 11.0. The van der Waals surface area contributed by atoms with Gasteiger partial charge in [-0.1, -0.05) is 35.3 Å². The summed E-state index contributed by atoms with van der Waals surface area (Å²) in [5.41, 5.74) is 0.680. The highest BCUT2D eigenvalue weighted by Crippen LogP contribution is 2.20. The number of hydrogen-bond acceptors (Lipinski definition) is 3. The van der Waals surface area contributed by atoms with Crippen LogP contribution in [-0.4, -0.2) is 15.5 Å². The SMILES string of the molecule is O=C(Cn1cnc2cc(Cl)ccc2c1=O)Nc1ccccc1Cl. The van der Waals surface area contributed by atoms with E-state index in [1.807, 2.05) is 0 Å². The van der Waals surface area contributed by atoms with Crippen molar-refractivity contribution in [2.45, 2.75) is 6.54 Å². The molecule has 1 aromatic heterocycles. The zero-order chi connectivity index (χ0) is 16.4. The molecule has 3 rings (SSSR count). The summed E-state index contributed by atoms with van der Waals surface area (Å²) >= 11 is 11.9. The van der Waals surface area contributed by atoms with E-state index in [0.29, 0.717) is 26.6 Å². The van der Waals surface area contributed by atoms with Crippen LogP contribution in [0.1, 0.15) is 0 Å². The van der Waals surface area contributed by atoms with Crippen LogP contribution in [0.2, 0.25) is 10.0 Å². The summed E-state index contributed by atoms with van der Waals surface area (Å²) in [7, 11) is 0. The lowest BCUT2D eigenvalue weighted by Crippen LogP contribution is -2.28. The average Bonchev–Trinajstić information content (AvgIpc) is 2.52. The third kappa shape index (κ3) is 3.36. The maximum Gasteiger partial charge on any atom is 0.261 e. The number of hydrogen-bond donors (Lipinski definition) is 1. The fourth-order valence-corrected chi connectivity index (χ4v) is 2.50. The van der Waals surface area contributed by atoms with Crippen molar-refractivity contribution in [1.29, 1.82) is 0 Å². The molecule has 5 nitrogen and oxygen atoms in total. The van der Waals surface area contributed by atoms with Crippen LogP contribution in [0.3, 0.4) is 0 Å². The Labute approximate surface area is 141 Å². The Morgan fingerprint density at radius 2 is 1.96 bits per heavy atom. The van der Waals surface area contributed by atoms with E-state index in [4.69, 9.17) is 23.2 Å². The van der Waals surface area contributed by atoms with E-state index in [1.54, 1.807) is 42.5 Å². The number of carbonyl (C=O) groups is 1. The molecule has 0 aliphatic carbocycles. The van der Waals surface area contributed by atoms with Crippen LogP contribution >= 0.6 is 23.2 Å². The molecule has 0 atom stereocenters. The summed E-state index contributed by atoms with van der Waals surface area (Å²) in [5, 5.41) is 4.00. The number of carbonyl (C=O) groups excluding carboxylic acids is 1. The minimum atomic E-state index is -0.365. The Hall–Kier alpha value is -2.37. The van der Waals surface area contributed by atoms with Gasteiger partial charge in [-0.3, -0.25) is 14.2 Å². The number of halogens is 2. The van der Waals surface area contributed by atoms with Crippen LogP contribution in [-0.2, 0) is 11.3 Å². The molecular formula is C16H11Cl2N3O2. The summed E-state index contributed by atoms with van der Waals surface area (Å²) in [6.45, 7) is -0.157. The molecule has 1 heterocycles. The van der Waals surface area contributed by atoms with E-state index in [9.17, 15) is 9.59 Å². The molecule has 1 amide bonds. The van der Waals surface area contributed by atoms with Crippen molar-refractivity contribution in [2.24, 2.45) is 0 Å². The maximum atomic E-state index is 12.4. The molecule has 0 radical (unpaired) electrons. The summed E-state index contributed by atoms with van der Waals surface area (Å²) in [6, 6.07) is 11.7. The second-order valence-corrected chi connectivity index (χ2v) is 5.71. The average molecular weight is 348 g/mol. The van der Waals surface area contributed by atoms with Crippen molar-refractivity contribution in [3.05, 3.63) is 69.2 Å². The zero-order valence-corrected chi connectivity index (χ0v) is 13.3. The van der Waals surface area contributed by atoms with Gasteiger partial charge in [0.05, 0.1) is 27.9 Å². The smallest absolute Gasteiger partial charge is 0.261 e. The Morgan fingerprint density at radius 1 is 1.17 bits per heavy atom. The van der Waals surface area contributed by atoms with Crippen LogP contribution in [0, 0.1) is 0 Å². The van der Waals surface area contributed by atoms with Crippen molar-refractivity contribution in [2.75, 3.05) is 5.32 Å². The lowest BCUT2D eigenvalue weighted by molar-refractivity contribution is -0.116. The number of aromatic nitrogens is 2. The first-order valence-corrected chi connectivity index (χ1v) is 7.49. The standard InChI is InChI=1S/C16H11Cl2N3O2/c17-10-5-6-11-14(7-10)19-9-21(16(11)23)8-15(22)20-13-4-2-1-3-12(13)18/h1-7,9H,8H2,(H,20,22). The number of nitrogens with zero attached hydrogens (tertiary/aromatic N) is 2. The second kappa shape index (κ2) is 6.40. The lowest BCUT2D eigenvalue weighted by atomic mass is 10.2. The Balaban J connectivity index is 1.85. The first kappa shape index (κ1) is 15.5. The molecule has 2 aromatic carbocycles. The third-order valence-corrected chi connectivity index (χ3v) is 3.81. The van der Waals surface area contributed by atoms with E-state index >= 15 is 0 Å². The van der Waals surface area contributed by atoms with Crippen LogP contribution < -0.4 is 10.9 Å². The monoisotopic (exact) mass is 347 g/mol. The second-order valence-electron chi connectivity index (χ2n) is 4.87. The highest BCUT2D eigenvalue weighted by molar-refractivity contribution is 6.33. The fraction of sp³-hybridized carbons (Fsp3) is 0.0625. The summed E-state index contributed by atoms with van der Waals surface area (Å²) < 4.78 is 1.24. The highest BCUT2D eigenvalue weighted by atomic mass is 35.5. The van der Waals surface area contributed by atoms with Crippen LogP contribution in [0.4, 0.5) is 5.69 Å². The van der Waals surface area contributed by atoms with Crippen molar-refractivity contribution >= 4 is 45.7 Å². The van der Waals surface area contributed by atoms with Crippen molar-refractivity contribution in [3.63, 3.8) is 0 Å². The van der Waals surface area contributed by atoms with E-state index in [1.165, 1.54) is 10.9 Å². The number of para-hydroxylation sites is 1. The van der Waals surface area contributed by atoms with Gasteiger partial charge in [-0.15, -0.1) is 0 Å². The number of amides is 1. The molecule has 0 fully saturated rings. The fourth-order valence-electron chi connectivity index (χ4n) is 2.15. The molecule has 0 saturated carbocycles. The molecule has 0 saturated heterocycles. The van der Waals surface area contributed by atoms with Gasteiger partial charge in [-0.2, -0.15) is 0 Å². The molecular weight excluding hydrogens is 337 g/mol. The van der Waals surface area contributed by atoms with Crippen molar-refractivity contribution < 1.29 is 4.79 Å². The quantitative estimate of drug-likeness (QED) is 0.790. The van der Waals surface area contributed by atoms with Gasteiger partial charge in [0.1, 0.15) is 6.54 Å².